The van der Waals surface area contributed by atoms with Crippen molar-refractivity contribution in [2.45, 2.75) is 57.5 Å². The highest BCUT2D eigenvalue weighted by molar-refractivity contribution is 5.57. The molecule has 2 aliphatic heterocycles. The highest BCUT2D eigenvalue weighted by atomic mass is 15.2. The van der Waals surface area contributed by atoms with Gasteiger partial charge in [-0.3, -0.25) is 9.89 Å². The van der Waals surface area contributed by atoms with Gasteiger partial charge in [-0.2, -0.15) is 0 Å². The Hall–Kier alpha value is -0.370. The third kappa shape index (κ3) is 2.81. The van der Waals surface area contributed by atoms with Crippen LogP contribution in [-0.2, 0) is 0 Å². The molecule has 2 aliphatic rings. The number of rotatable bonds is 1. The van der Waals surface area contributed by atoms with E-state index in [0.29, 0.717) is 6.17 Å². The Kier molecular flexibility index (Phi) is 3.99. The van der Waals surface area contributed by atoms with Crippen molar-refractivity contribution >= 4 is 6.21 Å². The van der Waals surface area contributed by atoms with E-state index in [1.807, 2.05) is 0 Å². The van der Waals surface area contributed by atoms with Gasteiger partial charge in [0.2, 0.25) is 0 Å². The largest absolute Gasteiger partial charge is 0.282 e. The van der Waals surface area contributed by atoms with Gasteiger partial charge in [0.1, 0.15) is 6.17 Å². The molecule has 2 rings (SSSR count). The smallest absolute Gasteiger partial charge is 0.101 e. The number of aliphatic imine (C=N–C) groups is 1. The zero-order valence-electron chi connectivity index (χ0n) is 9.12. The third-order valence-electron chi connectivity index (χ3n) is 3.39. The van der Waals surface area contributed by atoms with Crippen LogP contribution in [-0.4, -0.2) is 30.4 Å². The molecule has 0 aromatic carbocycles. The average Bonchev–Trinajstić information content (AvgIpc) is 2.62. The van der Waals surface area contributed by atoms with Gasteiger partial charge in [0.15, 0.2) is 0 Å². The summed E-state index contributed by atoms with van der Waals surface area (Å²) in [4.78, 5) is 7.30. The Balaban J connectivity index is 1.90. The van der Waals surface area contributed by atoms with Gasteiger partial charge in [0.25, 0.3) is 0 Å². The zero-order valence-corrected chi connectivity index (χ0v) is 9.12. The highest BCUT2D eigenvalue weighted by Crippen LogP contribution is 2.18. The van der Waals surface area contributed by atoms with Crippen molar-refractivity contribution < 1.29 is 0 Å². The van der Waals surface area contributed by atoms with Crippen LogP contribution in [0.5, 0.6) is 0 Å². The first-order chi connectivity index (χ1) is 6.97. The summed E-state index contributed by atoms with van der Waals surface area (Å²) >= 11 is 0. The highest BCUT2D eigenvalue weighted by Gasteiger charge is 2.18. The van der Waals surface area contributed by atoms with Gasteiger partial charge < -0.3 is 0 Å². The Morgan fingerprint density at radius 2 is 1.71 bits per heavy atom. The fraction of sp³-hybridized carbons (Fsp3) is 0.917. The molecule has 0 amide bonds. The maximum Gasteiger partial charge on any atom is 0.101 e. The van der Waals surface area contributed by atoms with Gasteiger partial charge in [-0.1, -0.05) is 12.8 Å². The maximum atomic E-state index is 4.69. The lowest BCUT2D eigenvalue weighted by Crippen LogP contribution is -2.34. The molecular formula is C12H22N2. The second-order valence-corrected chi connectivity index (χ2v) is 4.55. The molecule has 0 aromatic heterocycles. The lowest BCUT2D eigenvalue weighted by Gasteiger charge is -2.26. The van der Waals surface area contributed by atoms with Crippen LogP contribution in [0, 0.1) is 0 Å². The Morgan fingerprint density at radius 1 is 0.929 bits per heavy atom. The monoisotopic (exact) mass is 194 g/mol. The van der Waals surface area contributed by atoms with E-state index in [2.05, 4.69) is 16.1 Å². The summed E-state index contributed by atoms with van der Waals surface area (Å²) in [5.41, 5.74) is 0. The summed E-state index contributed by atoms with van der Waals surface area (Å²) in [5, 5.41) is 0. The minimum atomic E-state index is 0.524. The second kappa shape index (κ2) is 5.50. The molecule has 1 unspecified atom stereocenters. The SMILES string of the molecule is C1=NC(N2CCCCCC2)CCCC1. The standard InChI is InChI=1S/C12H22N2/c1-2-7-11-14(10-6-1)12-8-4-3-5-9-13-12/h9,12H,1-8,10-11H2. The predicted octanol–water partition coefficient (Wildman–Crippen LogP) is 2.83. The zero-order chi connectivity index (χ0) is 9.64. The number of hydrogen-bond acceptors (Lipinski definition) is 2. The predicted molar refractivity (Wildman–Crippen MR) is 60.8 cm³/mol. The van der Waals surface area contributed by atoms with Crippen LogP contribution in [0.1, 0.15) is 51.4 Å². The molecule has 0 N–H and O–H groups in total. The average molecular weight is 194 g/mol. The lowest BCUT2D eigenvalue weighted by atomic mass is 10.2. The molecule has 2 heteroatoms. The fourth-order valence-corrected chi connectivity index (χ4v) is 2.50. The van der Waals surface area contributed by atoms with Crippen LogP contribution >= 0.6 is 0 Å². The molecule has 0 bridgehead atoms. The molecule has 14 heavy (non-hydrogen) atoms. The van der Waals surface area contributed by atoms with Crippen LogP contribution < -0.4 is 0 Å². The van der Waals surface area contributed by atoms with Crippen molar-refractivity contribution in [3.8, 4) is 0 Å². The van der Waals surface area contributed by atoms with Gasteiger partial charge in [0.05, 0.1) is 0 Å². The van der Waals surface area contributed by atoms with Gasteiger partial charge in [-0.15, -0.1) is 0 Å². The van der Waals surface area contributed by atoms with Crippen LogP contribution in [0.15, 0.2) is 4.99 Å². The van der Waals surface area contributed by atoms with Gasteiger partial charge in [-0.05, 0) is 38.5 Å². The van der Waals surface area contributed by atoms with E-state index in [0.717, 1.165) is 0 Å². The van der Waals surface area contributed by atoms with E-state index >= 15 is 0 Å². The summed E-state index contributed by atoms with van der Waals surface area (Å²) in [6.07, 6.45) is 13.5. The van der Waals surface area contributed by atoms with Gasteiger partial charge >= 0.3 is 0 Å². The molecule has 0 saturated carbocycles. The molecule has 1 atom stereocenters. The Labute approximate surface area is 87.4 Å². The first-order valence-corrected chi connectivity index (χ1v) is 6.22. The molecule has 1 fully saturated rings. The summed E-state index contributed by atoms with van der Waals surface area (Å²) < 4.78 is 0. The van der Waals surface area contributed by atoms with Crippen LogP contribution in [0.4, 0.5) is 0 Å². The van der Waals surface area contributed by atoms with Crippen molar-refractivity contribution in [3.63, 3.8) is 0 Å². The number of nitrogens with zero attached hydrogens (tertiary/aromatic N) is 2. The van der Waals surface area contributed by atoms with Crippen molar-refractivity contribution in [2.75, 3.05) is 13.1 Å². The molecule has 80 valence electrons. The van der Waals surface area contributed by atoms with Crippen molar-refractivity contribution in [2.24, 2.45) is 4.99 Å². The second-order valence-electron chi connectivity index (χ2n) is 4.55. The summed E-state index contributed by atoms with van der Waals surface area (Å²) in [6.45, 7) is 2.56. The van der Waals surface area contributed by atoms with E-state index in [-0.39, 0.29) is 0 Å². The summed E-state index contributed by atoms with van der Waals surface area (Å²) in [6, 6.07) is 0. The molecule has 0 radical (unpaired) electrons. The van der Waals surface area contributed by atoms with Crippen molar-refractivity contribution in [1.29, 1.82) is 0 Å². The summed E-state index contributed by atoms with van der Waals surface area (Å²) in [7, 11) is 0. The minimum Gasteiger partial charge on any atom is -0.282 e. The van der Waals surface area contributed by atoms with Crippen LogP contribution in [0.25, 0.3) is 0 Å². The van der Waals surface area contributed by atoms with Crippen molar-refractivity contribution in [1.82, 2.24) is 4.90 Å². The lowest BCUT2D eigenvalue weighted by molar-refractivity contribution is 0.199. The number of likely N-dealkylation sites (tertiary alicyclic amines) is 1. The third-order valence-corrected chi connectivity index (χ3v) is 3.39. The fourth-order valence-electron chi connectivity index (χ4n) is 2.50. The van der Waals surface area contributed by atoms with E-state index in [1.165, 1.54) is 64.5 Å². The van der Waals surface area contributed by atoms with E-state index in [1.54, 1.807) is 0 Å². The van der Waals surface area contributed by atoms with Gasteiger partial charge in [-0.25, -0.2) is 0 Å². The van der Waals surface area contributed by atoms with E-state index in [9.17, 15) is 0 Å². The molecule has 1 saturated heterocycles. The van der Waals surface area contributed by atoms with E-state index in [4.69, 9.17) is 0 Å². The first kappa shape index (κ1) is 10.2. The topological polar surface area (TPSA) is 15.6 Å². The quantitative estimate of drug-likeness (QED) is 0.626. The molecule has 2 nitrogen and oxygen atoms in total. The summed E-state index contributed by atoms with van der Waals surface area (Å²) in [5.74, 6) is 0. The molecule has 2 heterocycles. The van der Waals surface area contributed by atoms with Crippen molar-refractivity contribution in [3.05, 3.63) is 0 Å². The number of hydrogen-bond donors (Lipinski definition) is 0. The maximum absolute atomic E-state index is 4.69. The van der Waals surface area contributed by atoms with Crippen LogP contribution in [0.2, 0.25) is 0 Å². The first-order valence-electron chi connectivity index (χ1n) is 6.22. The normalized spacial score (nSPS) is 31.0. The van der Waals surface area contributed by atoms with E-state index < -0.39 is 0 Å². The molecule has 0 aliphatic carbocycles. The van der Waals surface area contributed by atoms with Crippen LogP contribution in [0.3, 0.4) is 0 Å². The van der Waals surface area contributed by atoms with Gasteiger partial charge in [0, 0.05) is 19.3 Å². The molecule has 0 aromatic rings. The molecule has 0 spiro atoms. The molecular weight excluding hydrogens is 172 g/mol. The Morgan fingerprint density at radius 3 is 2.50 bits per heavy atom. The minimum absolute atomic E-state index is 0.524. The Bertz CT molecular complexity index is 181.